The molecule has 0 aliphatic heterocycles. The summed E-state index contributed by atoms with van der Waals surface area (Å²) in [5.41, 5.74) is 6.90. The Balaban J connectivity index is 1.99. The lowest BCUT2D eigenvalue weighted by molar-refractivity contribution is -0.115. The molecule has 0 heterocycles. The third kappa shape index (κ3) is 3.95. The number of thioether (sulfide) groups is 1. The molecule has 0 fully saturated rings. The molecule has 0 radical (unpaired) electrons. The molecule has 0 unspecified atom stereocenters. The molecule has 110 valence electrons. The number of nitrogens with zero attached hydrogens (tertiary/aromatic N) is 1. The van der Waals surface area contributed by atoms with E-state index in [0.717, 1.165) is 17.8 Å². The van der Waals surface area contributed by atoms with E-state index in [1.165, 1.54) is 17.0 Å². The zero-order valence-electron chi connectivity index (χ0n) is 11.3. The van der Waals surface area contributed by atoms with Crippen LogP contribution < -0.4 is 10.6 Å². The molecule has 0 bridgehead atoms. The molecule has 0 atom stereocenters. The van der Waals surface area contributed by atoms with Crippen molar-refractivity contribution in [1.82, 2.24) is 0 Å². The molecule has 3 nitrogen and oxygen atoms in total. The standard InChI is InChI=1S/C15H14F2N2OS/c1-19(12-5-3-11(18)4-6-12)15(20)9-21-14-7-2-10(16)8-13(14)17/h2-8H,9,18H2,1H3. The highest BCUT2D eigenvalue weighted by Crippen LogP contribution is 2.23. The molecule has 0 saturated carbocycles. The molecule has 2 rings (SSSR count). The van der Waals surface area contributed by atoms with Crippen LogP contribution in [0.2, 0.25) is 0 Å². The molecular formula is C15H14F2N2OS. The van der Waals surface area contributed by atoms with Crippen molar-refractivity contribution < 1.29 is 13.6 Å². The fourth-order valence-electron chi connectivity index (χ4n) is 1.67. The molecule has 0 aliphatic carbocycles. The summed E-state index contributed by atoms with van der Waals surface area (Å²) in [7, 11) is 1.63. The summed E-state index contributed by atoms with van der Waals surface area (Å²) in [6.45, 7) is 0. The van der Waals surface area contributed by atoms with E-state index in [1.807, 2.05) is 0 Å². The van der Waals surface area contributed by atoms with Crippen molar-refractivity contribution in [2.75, 3.05) is 23.4 Å². The van der Waals surface area contributed by atoms with Crippen LogP contribution in [0, 0.1) is 11.6 Å². The van der Waals surface area contributed by atoms with E-state index >= 15 is 0 Å². The highest BCUT2D eigenvalue weighted by molar-refractivity contribution is 8.00. The van der Waals surface area contributed by atoms with E-state index in [9.17, 15) is 13.6 Å². The monoisotopic (exact) mass is 308 g/mol. The van der Waals surface area contributed by atoms with Gasteiger partial charge in [-0.25, -0.2) is 8.78 Å². The zero-order chi connectivity index (χ0) is 15.4. The predicted octanol–water partition coefficient (Wildman–Crippen LogP) is 3.30. The van der Waals surface area contributed by atoms with Crippen molar-refractivity contribution in [2.45, 2.75) is 4.90 Å². The number of nitrogen functional groups attached to an aromatic ring is 1. The van der Waals surface area contributed by atoms with Gasteiger partial charge in [-0.2, -0.15) is 0 Å². The molecule has 21 heavy (non-hydrogen) atoms. The highest BCUT2D eigenvalue weighted by atomic mass is 32.2. The number of nitrogens with two attached hydrogens (primary N) is 1. The lowest BCUT2D eigenvalue weighted by Gasteiger charge is -2.17. The number of amides is 1. The van der Waals surface area contributed by atoms with Crippen molar-refractivity contribution in [2.24, 2.45) is 0 Å². The Hall–Kier alpha value is -2.08. The van der Waals surface area contributed by atoms with E-state index in [-0.39, 0.29) is 16.6 Å². The summed E-state index contributed by atoms with van der Waals surface area (Å²) >= 11 is 1.03. The average Bonchev–Trinajstić information content (AvgIpc) is 2.46. The lowest BCUT2D eigenvalue weighted by Crippen LogP contribution is -2.27. The summed E-state index contributed by atoms with van der Waals surface area (Å²) in [4.78, 5) is 13.8. The quantitative estimate of drug-likeness (QED) is 0.696. The molecular weight excluding hydrogens is 294 g/mol. The first-order chi connectivity index (χ1) is 9.97. The minimum absolute atomic E-state index is 0.0590. The Bertz CT molecular complexity index is 647. The Morgan fingerprint density at radius 2 is 1.86 bits per heavy atom. The number of halogens is 2. The van der Waals surface area contributed by atoms with Gasteiger partial charge in [0.05, 0.1) is 5.75 Å². The normalized spacial score (nSPS) is 10.4. The molecule has 0 spiro atoms. The maximum absolute atomic E-state index is 13.5. The Labute approximate surface area is 125 Å². The Morgan fingerprint density at radius 1 is 1.19 bits per heavy atom. The van der Waals surface area contributed by atoms with Crippen molar-refractivity contribution in [3.05, 3.63) is 54.1 Å². The van der Waals surface area contributed by atoms with Gasteiger partial charge in [-0.3, -0.25) is 4.79 Å². The molecule has 0 aliphatic rings. The first-order valence-corrected chi connectivity index (χ1v) is 7.16. The average molecular weight is 308 g/mol. The topological polar surface area (TPSA) is 46.3 Å². The van der Waals surface area contributed by atoms with Crippen LogP contribution in [0.15, 0.2) is 47.4 Å². The van der Waals surface area contributed by atoms with Gasteiger partial charge in [-0.05, 0) is 36.4 Å². The van der Waals surface area contributed by atoms with Crippen molar-refractivity contribution >= 4 is 29.0 Å². The molecule has 6 heteroatoms. The number of benzene rings is 2. The summed E-state index contributed by atoms with van der Waals surface area (Å²) in [6, 6.07) is 10.2. The van der Waals surface area contributed by atoms with E-state index in [2.05, 4.69) is 0 Å². The Morgan fingerprint density at radius 3 is 2.48 bits per heavy atom. The van der Waals surface area contributed by atoms with Crippen LogP contribution in [0.25, 0.3) is 0 Å². The highest BCUT2D eigenvalue weighted by Gasteiger charge is 2.13. The minimum atomic E-state index is -0.664. The van der Waals surface area contributed by atoms with E-state index < -0.39 is 11.6 Å². The molecule has 2 aromatic rings. The predicted molar refractivity (Wildman–Crippen MR) is 81.3 cm³/mol. The zero-order valence-corrected chi connectivity index (χ0v) is 12.2. The first-order valence-electron chi connectivity index (χ1n) is 6.17. The van der Waals surface area contributed by atoms with Crippen molar-refractivity contribution in [3.8, 4) is 0 Å². The van der Waals surface area contributed by atoms with E-state index in [1.54, 1.807) is 31.3 Å². The fraction of sp³-hybridized carbons (Fsp3) is 0.133. The first kappa shape index (κ1) is 15.3. The van der Waals surface area contributed by atoms with Gasteiger partial charge in [0, 0.05) is 29.4 Å². The number of hydrogen-bond donors (Lipinski definition) is 1. The van der Waals surface area contributed by atoms with Gasteiger partial charge in [0.15, 0.2) is 0 Å². The number of carbonyl (C=O) groups excluding carboxylic acids is 1. The summed E-state index contributed by atoms with van der Waals surface area (Å²) < 4.78 is 26.3. The third-order valence-corrected chi connectivity index (χ3v) is 3.93. The third-order valence-electron chi connectivity index (χ3n) is 2.90. The Kier molecular flexibility index (Phi) is 4.80. The molecule has 2 aromatic carbocycles. The summed E-state index contributed by atoms with van der Waals surface area (Å²) in [5, 5.41) is 0. The molecule has 0 aromatic heterocycles. The van der Waals surface area contributed by atoms with Crippen molar-refractivity contribution in [3.63, 3.8) is 0 Å². The number of anilines is 2. The second-order valence-electron chi connectivity index (χ2n) is 4.41. The van der Waals surface area contributed by atoms with Crippen molar-refractivity contribution in [1.29, 1.82) is 0 Å². The summed E-state index contributed by atoms with van der Waals surface area (Å²) in [5.74, 6) is -1.43. The van der Waals surface area contributed by atoms with Gasteiger partial charge < -0.3 is 10.6 Å². The van der Waals surface area contributed by atoms with Gasteiger partial charge in [0.25, 0.3) is 0 Å². The SMILES string of the molecule is CN(C(=O)CSc1ccc(F)cc1F)c1ccc(N)cc1. The number of hydrogen-bond acceptors (Lipinski definition) is 3. The molecule has 1 amide bonds. The van der Waals surface area contributed by atoms with Crippen LogP contribution in [-0.4, -0.2) is 18.7 Å². The van der Waals surface area contributed by atoms with Crippen LogP contribution in [0.3, 0.4) is 0 Å². The second-order valence-corrected chi connectivity index (χ2v) is 5.42. The van der Waals surface area contributed by atoms with Gasteiger partial charge in [0.1, 0.15) is 11.6 Å². The number of rotatable bonds is 4. The lowest BCUT2D eigenvalue weighted by atomic mass is 10.2. The summed E-state index contributed by atoms with van der Waals surface area (Å²) in [6.07, 6.45) is 0. The van der Waals surface area contributed by atoms with Crippen LogP contribution >= 0.6 is 11.8 Å². The molecule has 0 saturated heterocycles. The van der Waals surface area contributed by atoms with Crippen LogP contribution in [-0.2, 0) is 4.79 Å². The maximum Gasteiger partial charge on any atom is 0.237 e. The van der Waals surface area contributed by atoms with E-state index in [0.29, 0.717) is 11.4 Å². The minimum Gasteiger partial charge on any atom is -0.399 e. The largest absolute Gasteiger partial charge is 0.399 e. The second kappa shape index (κ2) is 6.58. The van der Waals surface area contributed by atoms with Gasteiger partial charge in [-0.1, -0.05) is 0 Å². The number of carbonyl (C=O) groups is 1. The fourth-order valence-corrected chi connectivity index (χ4v) is 2.50. The molecule has 2 N–H and O–H groups in total. The van der Waals surface area contributed by atoms with Crippen LogP contribution in [0.5, 0.6) is 0 Å². The van der Waals surface area contributed by atoms with Gasteiger partial charge in [-0.15, -0.1) is 11.8 Å². The van der Waals surface area contributed by atoms with Crippen LogP contribution in [0.1, 0.15) is 0 Å². The van der Waals surface area contributed by atoms with Gasteiger partial charge >= 0.3 is 0 Å². The van der Waals surface area contributed by atoms with Gasteiger partial charge in [0.2, 0.25) is 5.91 Å². The smallest absolute Gasteiger partial charge is 0.237 e. The van der Waals surface area contributed by atoms with Crippen LogP contribution in [0.4, 0.5) is 20.2 Å². The maximum atomic E-state index is 13.5. The van der Waals surface area contributed by atoms with E-state index in [4.69, 9.17) is 5.73 Å².